The van der Waals surface area contributed by atoms with Gasteiger partial charge in [-0.2, -0.15) is 0 Å². The zero-order chi connectivity index (χ0) is 22.7. The first-order valence-electron chi connectivity index (χ1n) is 10.5. The highest BCUT2D eigenvalue weighted by Crippen LogP contribution is 2.41. The van der Waals surface area contributed by atoms with Crippen molar-refractivity contribution in [1.29, 1.82) is 0 Å². The Morgan fingerprint density at radius 2 is 1.88 bits per heavy atom. The minimum Gasteiger partial charge on any atom is -0.486 e. The van der Waals surface area contributed by atoms with Gasteiger partial charge in [0.25, 0.3) is 0 Å². The lowest BCUT2D eigenvalue weighted by molar-refractivity contribution is 0.0903. The molecule has 1 unspecified atom stereocenters. The lowest BCUT2D eigenvalue weighted by Gasteiger charge is -2.34. The lowest BCUT2D eigenvalue weighted by atomic mass is 9.75. The summed E-state index contributed by atoms with van der Waals surface area (Å²) >= 11 is 0. The van der Waals surface area contributed by atoms with E-state index in [-0.39, 0.29) is 23.8 Å². The number of rotatable bonds is 5. The number of nitrogens with one attached hydrogen (secondary N) is 3. The lowest BCUT2D eigenvalue weighted by Crippen LogP contribution is -2.48. The van der Waals surface area contributed by atoms with E-state index in [0.29, 0.717) is 11.5 Å². The van der Waals surface area contributed by atoms with Crippen molar-refractivity contribution < 1.29 is 23.2 Å². The normalized spacial score (nSPS) is 16.7. The van der Waals surface area contributed by atoms with E-state index in [0.717, 1.165) is 29.9 Å². The van der Waals surface area contributed by atoms with Crippen LogP contribution in [0.25, 0.3) is 0 Å². The van der Waals surface area contributed by atoms with Crippen molar-refractivity contribution in [2.24, 2.45) is 5.41 Å². The highest BCUT2D eigenvalue weighted by atomic mass is 16.5. The van der Waals surface area contributed by atoms with Gasteiger partial charge >= 0.3 is 11.9 Å². The van der Waals surface area contributed by atoms with E-state index in [9.17, 15) is 9.59 Å². The zero-order valence-corrected chi connectivity index (χ0v) is 18.4. The van der Waals surface area contributed by atoms with Crippen molar-refractivity contribution in [2.75, 3.05) is 0 Å². The minimum absolute atomic E-state index is 0.00905. The van der Waals surface area contributed by atoms with Crippen molar-refractivity contribution in [3.8, 4) is 5.75 Å². The van der Waals surface area contributed by atoms with Gasteiger partial charge < -0.3 is 18.9 Å². The molecular weight excluding hydrogens is 410 g/mol. The van der Waals surface area contributed by atoms with Crippen LogP contribution in [0.4, 0.5) is 4.79 Å². The summed E-state index contributed by atoms with van der Waals surface area (Å²) in [5, 5.41) is 2.92. The SMILES string of the molecule is Cc1cc2c(o1)CC(C)(C)CC2NC(=O)NNC(=O)c1ccc(COc2ccccc2)o1. The molecule has 2 heterocycles. The average Bonchev–Trinajstić information content (AvgIpc) is 3.36. The Bertz CT molecular complexity index is 1100. The number of carbonyl (C=O) groups excluding carboxylic acids is 2. The molecular formula is C24H27N3O5. The second-order valence-corrected chi connectivity index (χ2v) is 8.75. The smallest absolute Gasteiger partial charge is 0.333 e. The summed E-state index contributed by atoms with van der Waals surface area (Å²) < 4.78 is 16.9. The Morgan fingerprint density at radius 3 is 2.66 bits per heavy atom. The van der Waals surface area contributed by atoms with E-state index in [1.807, 2.05) is 43.3 Å². The number of urea groups is 1. The maximum absolute atomic E-state index is 12.4. The first-order valence-corrected chi connectivity index (χ1v) is 10.5. The summed E-state index contributed by atoms with van der Waals surface area (Å²) in [6, 6.07) is 13.7. The molecule has 1 aromatic carbocycles. The second kappa shape index (κ2) is 8.82. The number of amides is 3. The van der Waals surface area contributed by atoms with Crippen molar-refractivity contribution >= 4 is 11.9 Å². The molecule has 3 N–H and O–H groups in total. The minimum atomic E-state index is -0.560. The average molecular weight is 437 g/mol. The molecule has 3 aromatic rings. The molecule has 168 valence electrons. The molecule has 0 radical (unpaired) electrons. The fourth-order valence-electron chi connectivity index (χ4n) is 3.93. The highest BCUT2D eigenvalue weighted by molar-refractivity contribution is 5.92. The summed E-state index contributed by atoms with van der Waals surface area (Å²) in [6.45, 7) is 6.36. The molecule has 32 heavy (non-hydrogen) atoms. The van der Waals surface area contributed by atoms with Gasteiger partial charge in [0.15, 0.2) is 5.76 Å². The fourth-order valence-corrected chi connectivity index (χ4v) is 3.93. The van der Waals surface area contributed by atoms with Crippen molar-refractivity contribution in [3.63, 3.8) is 0 Å². The van der Waals surface area contributed by atoms with Gasteiger partial charge in [0.2, 0.25) is 0 Å². The monoisotopic (exact) mass is 437 g/mol. The van der Waals surface area contributed by atoms with E-state index >= 15 is 0 Å². The van der Waals surface area contributed by atoms with Crippen LogP contribution in [0.2, 0.25) is 0 Å². The Morgan fingerprint density at radius 1 is 1.09 bits per heavy atom. The van der Waals surface area contributed by atoms with Crippen LogP contribution in [0.5, 0.6) is 5.75 Å². The number of benzene rings is 1. The molecule has 0 spiro atoms. The number of hydrazine groups is 1. The molecule has 0 bridgehead atoms. The third-order valence-electron chi connectivity index (χ3n) is 5.34. The fraction of sp³-hybridized carbons (Fsp3) is 0.333. The zero-order valence-electron chi connectivity index (χ0n) is 18.4. The first-order chi connectivity index (χ1) is 15.3. The molecule has 0 saturated heterocycles. The predicted molar refractivity (Wildman–Crippen MR) is 117 cm³/mol. The van der Waals surface area contributed by atoms with Crippen LogP contribution >= 0.6 is 0 Å². The molecule has 2 aromatic heterocycles. The molecule has 1 aliphatic carbocycles. The van der Waals surface area contributed by atoms with E-state index < -0.39 is 11.9 Å². The Hall–Kier alpha value is -3.68. The second-order valence-electron chi connectivity index (χ2n) is 8.75. The summed E-state index contributed by atoms with van der Waals surface area (Å²) in [7, 11) is 0. The molecule has 4 rings (SSSR count). The van der Waals surface area contributed by atoms with Crippen LogP contribution in [0.15, 0.2) is 57.4 Å². The predicted octanol–water partition coefficient (Wildman–Crippen LogP) is 4.42. The number of furan rings is 2. The Balaban J connectivity index is 1.29. The Labute approximate surface area is 186 Å². The third kappa shape index (κ3) is 5.14. The third-order valence-corrected chi connectivity index (χ3v) is 5.34. The highest BCUT2D eigenvalue weighted by Gasteiger charge is 2.35. The molecule has 8 nitrogen and oxygen atoms in total. The Kier molecular flexibility index (Phi) is 5.94. The number of hydrogen-bond acceptors (Lipinski definition) is 5. The molecule has 3 amide bonds. The number of ether oxygens (including phenoxy) is 1. The van der Waals surface area contributed by atoms with Gasteiger partial charge in [-0.25, -0.2) is 10.2 Å². The standard InChI is InChI=1S/C24H27N3O5/c1-15-11-18-19(12-24(2,3)13-21(18)31-15)25-23(29)27-26-22(28)20-10-9-17(32-20)14-30-16-7-5-4-6-8-16/h4-11,19H,12-14H2,1-3H3,(H,26,28)(H2,25,27,29). The summed E-state index contributed by atoms with van der Waals surface area (Å²) in [5.41, 5.74) is 5.73. The number of aryl methyl sites for hydroxylation is 1. The van der Waals surface area contributed by atoms with Gasteiger partial charge in [0, 0.05) is 12.0 Å². The topological polar surface area (TPSA) is 106 Å². The number of para-hydroxylation sites is 1. The number of carbonyl (C=O) groups is 2. The van der Waals surface area contributed by atoms with Gasteiger partial charge in [-0.3, -0.25) is 10.2 Å². The van der Waals surface area contributed by atoms with Crippen molar-refractivity contribution in [1.82, 2.24) is 16.2 Å². The van der Waals surface area contributed by atoms with Gasteiger partial charge in [-0.15, -0.1) is 0 Å². The molecule has 0 aliphatic heterocycles. The summed E-state index contributed by atoms with van der Waals surface area (Å²) in [4.78, 5) is 24.8. The van der Waals surface area contributed by atoms with Gasteiger partial charge in [-0.05, 0) is 49.1 Å². The van der Waals surface area contributed by atoms with Gasteiger partial charge in [0.1, 0.15) is 29.6 Å². The van der Waals surface area contributed by atoms with E-state index in [1.54, 1.807) is 6.07 Å². The molecule has 1 aliphatic rings. The van der Waals surface area contributed by atoms with Crippen LogP contribution in [0.3, 0.4) is 0 Å². The molecule has 1 atom stereocenters. The summed E-state index contributed by atoms with van der Waals surface area (Å²) in [6.07, 6.45) is 1.59. The van der Waals surface area contributed by atoms with Crippen molar-refractivity contribution in [3.05, 3.63) is 77.1 Å². The molecule has 8 heteroatoms. The van der Waals surface area contributed by atoms with Crippen LogP contribution in [-0.2, 0) is 13.0 Å². The van der Waals surface area contributed by atoms with Crippen LogP contribution in [-0.4, -0.2) is 11.9 Å². The maximum atomic E-state index is 12.4. The number of hydrogen-bond donors (Lipinski definition) is 3. The molecule has 0 saturated carbocycles. The van der Waals surface area contributed by atoms with E-state index in [2.05, 4.69) is 30.0 Å². The van der Waals surface area contributed by atoms with E-state index in [1.165, 1.54) is 6.07 Å². The summed E-state index contributed by atoms with van der Waals surface area (Å²) in [5.74, 6) is 2.43. The van der Waals surface area contributed by atoms with Crippen molar-refractivity contribution in [2.45, 2.75) is 46.3 Å². The molecule has 0 fully saturated rings. The van der Waals surface area contributed by atoms with Crippen LogP contribution < -0.4 is 20.9 Å². The maximum Gasteiger partial charge on any atom is 0.333 e. The van der Waals surface area contributed by atoms with Crippen LogP contribution in [0.1, 0.15) is 59.7 Å². The van der Waals surface area contributed by atoms with E-state index in [4.69, 9.17) is 13.6 Å². The quantitative estimate of drug-likeness (QED) is 0.513. The largest absolute Gasteiger partial charge is 0.486 e. The van der Waals surface area contributed by atoms with Gasteiger partial charge in [0.05, 0.1) is 6.04 Å². The first kappa shape index (κ1) is 21.5. The van der Waals surface area contributed by atoms with Gasteiger partial charge in [-0.1, -0.05) is 32.0 Å². The number of fused-ring (bicyclic) bond motifs is 1. The van der Waals surface area contributed by atoms with Crippen LogP contribution in [0, 0.1) is 12.3 Å².